The fourth-order valence-corrected chi connectivity index (χ4v) is 1.95. The number of anilines is 1. The van der Waals surface area contributed by atoms with E-state index in [4.69, 9.17) is 5.26 Å². The summed E-state index contributed by atoms with van der Waals surface area (Å²) in [6.07, 6.45) is 1.70. The Balaban J connectivity index is 1.86. The van der Waals surface area contributed by atoms with E-state index in [9.17, 15) is 4.79 Å². The number of hydrogen-bond donors (Lipinski definition) is 2. The van der Waals surface area contributed by atoms with Gasteiger partial charge in [-0.15, -0.1) is 0 Å². The fourth-order valence-electron chi connectivity index (χ4n) is 1.95. The van der Waals surface area contributed by atoms with Crippen LogP contribution in [0.25, 0.3) is 10.9 Å². The van der Waals surface area contributed by atoms with Crippen molar-refractivity contribution in [2.24, 2.45) is 0 Å². The first-order valence-electron chi connectivity index (χ1n) is 6.01. The summed E-state index contributed by atoms with van der Waals surface area (Å²) in [6, 6.07) is 14.1. The van der Waals surface area contributed by atoms with Gasteiger partial charge in [0.05, 0.1) is 23.3 Å². The second-order valence-electron chi connectivity index (χ2n) is 4.32. The molecule has 1 heterocycles. The second kappa shape index (κ2) is 4.86. The van der Waals surface area contributed by atoms with Crippen LogP contribution < -0.4 is 5.32 Å². The maximum atomic E-state index is 12.1. The maximum Gasteiger partial charge on any atom is 0.255 e. The maximum absolute atomic E-state index is 12.1. The van der Waals surface area contributed by atoms with Gasteiger partial charge in [0.1, 0.15) is 0 Å². The zero-order valence-electron chi connectivity index (χ0n) is 10.4. The molecule has 96 valence electrons. The summed E-state index contributed by atoms with van der Waals surface area (Å²) >= 11 is 0. The van der Waals surface area contributed by atoms with Crippen LogP contribution in [0.3, 0.4) is 0 Å². The summed E-state index contributed by atoms with van der Waals surface area (Å²) in [5, 5.41) is 19.3. The molecule has 0 bridgehead atoms. The third-order valence-electron chi connectivity index (χ3n) is 2.95. The van der Waals surface area contributed by atoms with E-state index in [-0.39, 0.29) is 5.91 Å². The van der Waals surface area contributed by atoms with Crippen LogP contribution in [0.1, 0.15) is 15.9 Å². The lowest BCUT2D eigenvalue weighted by Crippen LogP contribution is -2.11. The molecular weight excluding hydrogens is 252 g/mol. The molecule has 5 heteroatoms. The summed E-state index contributed by atoms with van der Waals surface area (Å²) in [6.45, 7) is 0. The number of carbonyl (C=O) groups excluding carboxylic acids is 1. The van der Waals surface area contributed by atoms with Gasteiger partial charge in [-0.2, -0.15) is 10.4 Å². The van der Waals surface area contributed by atoms with Crippen molar-refractivity contribution in [3.8, 4) is 6.07 Å². The molecule has 3 rings (SSSR count). The summed E-state index contributed by atoms with van der Waals surface area (Å²) in [4.78, 5) is 12.1. The number of nitriles is 1. The molecule has 0 saturated carbocycles. The van der Waals surface area contributed by atoms with Crippen LogP contribution in [-0.4, -0.2) is 16.1 Å². The molecule has 20 heavy (non-hydrogen) atoms. The molecule has 5 nitrogen and oxygen atoms in total. The smallest absolute Gasteiger partial charge is 0.255 e. The van der Waals surface area contributed by atoms with Crippen molar-refractivity contribution >= 4 is 22.5 Å². The summed E-state index contributed by atoms with van der Waals surface area (Å²) < 4.78 is 0. The van der Waals surface area contributed by atoms with Gasteiger partial charge >= 0.3 is 0 Å². The van der Waals surface area contributed by atoms with Crippen molar-refractivity contribution < 1.29 is 4.79 Å². The SMILES string of the molecule is N#Cc1cccc(C(=O)Nc2ccc3[nH]ncc3c2)c1. The number of fused-ring (bicyclic) bond motifs is 1. The van der Waals surface area contributed by atoms with Gasteiger partial charge in [0.25, 0.3) is 5.91 Å². The molecule has 2 aromatic carbocycles. The lowest BCUT2D eigenvalue weighted by atomic mass is 10.1. The highest BCUT2D eigenvalue weighted by Crippen LogP contribution is 2.17. The zero-order chi connectivity index (χ0) is 13.9. The topological polar surface area (TPSA) is 81.6 Å². The van der Waals surface area contributed by atoms with E-state index in [1.165, 1.54) is 0 Å². The van der Waals surface area contributed by atoms with Crippen LogP contribution in [0.4, 0.5) is 5.69 Å². The lowest BCUT2D eigenvalue weighted by Gasteiger charge is -2.05. The number of aromatic nitrogens is 2. The quantitative estimate of drug-likeness (QED) is 0.745. The van der Waals surface area contributed by atoms with Crippen molar-refractivity contribution in [2.45, 2.75) is 0 Å². The number of H-pyrrole nitrogens is 1. The first-order valence-corrected chi connectivity index (χ1v) is 6.01. The summed E-state index contributed by atoms with van der Waals surface area (Å²) in [5.74, 6) is -0.245. The van der Waals surface area contributed by atoms with Crippen molar-refractivity contribution in [3.05, 3.63) is 59.8 Å². The van der Waals surface area contributed by atoms with E-state index in [1.54, 1.807) is 36.5 Å². The number of nitrogens with one attached hydrogen (secondary N) is 2. The van der Waals surface area contributed by atoms with E-state index in [1.807, 2.05) is 18.2 Å². The molecule has 3 aromatic rings. The third kappa shape index (κ3) is 2.22. The minimum atomic E-state index is -0.245. The van der Waals surface area contributed by atoms with Crippen LogP contribution in [0.5, 0.6) is 0 Å². The largest absolute Gasteiger partial charge is 0.322 e. The van der Waals surface area contributed by atoms with Gasteiger partial charge in [-0.1, -0.05) is 6.07 Å². The first-order chi connectivity index (χ1) is 9.76. The molecule has 1 amide bonds. The molecule has 0 atom stereocenters. The highest BCUT2D eigenvalue weighted by atomic mass is 16.1. The van der Waals surface area contributed by atoms with Gasteiger partial charge in [-0.3, -0.25) is 9.89 Å². The van der Waals surface area contributed by atoms with E-state index in [0.717, 1.165) is 10.9 Å². The van der Waals surface area contributed by atoms with Gasteiger partial charge in [0, 0.05) is 16.6 Å². The Morgan fingerprint density at radius 3 is 3.00 bits per heavy atom. The molecular formula is C15H10N4O. The molecule has 1 aromatic heterocycles. The number of carbonyl (C=O) groups is 1. The number of hydrogen-bond acceptors (Lipinski definition) is 3. The van der Waals surface area contributed by atoms with E-state index in [0.29, 0.717) is 16.8 Å². The van der Waals surface area contributed by atoms with E-state index in [2.05, 4.69) is 15.5 Å². The highest BCUT2D eigenvalue weighted by Gasteiger charge is 2.07. The van der Waals surface area contributed by atoms with Crippen LogP contribution in [0.15, 0.2) is 48.7 Å². The number of amides is 1. The number of nitrogens with zero attached hydrogens (tertiary/aromatic N) is 2. The van der Waals surface area contributed by atoms with Crippen LogP contribution >= 0.6 is 0 Å². The van der Waals surface area contributed by atoms with Crippen LogP contribution in [0.2, 0.25) is 0 Å². The third-order valence-corrected chi connectivity index (χ3v) is 2.95. The number of rotatable bonds is 2. The monoisotopic (exact) mass is 262 g/mol. The Morgan fingerprint density at radius 2 is 2.15 bits per heavy atom. The van der Waals surface area contributed by atoms with Gasteiger partial charge in [-0.25, -0.2) is 0 Å². The molecule has 0 unspecified atom stereocenters. The fraction of sp³-hybridized carbons (Fsp3) is 0. The average molecular weight is 262 g/mol. The highest BCUT2D eigenvalue weighted by molar-refractivity contribution is 6.05. The van der Waals surface area contributed by atoms with E-state index < -0.39 is 0 Å². The average Bonchev–Trinajstić information content (AvgIpc) is 2.95. The lowest BCUT2D eigenvalue weighted by molar-refractivity contribution is 0.102. The molecule has 0 spiro atoms. The Kier molecular flexibility index (Phi) is 2.90. The van der Waals surface area contributed by atoms with Crippen molar-refractivity contribution in [1.29, 1.82) is 5.26 Å². The number of aromatic amines is 1. The van der Waals surface area contributed by atoms with Crippen molar-refractivity contribution in [2.75, 3.05) is 5.32 Å². The van der Waals surface area contributed by atoms with Gasteiger partial charge in [0.2, 0.25) is 0 Å². The minimum absolute atomic E-state index is 0.245. The van der Waals surface area contributed by atoms with E-state index >= 15 is 0 Å². The Morgan fingerprint density at radius 1 is 1.25 bits per heavy atom. The molecule has 2 N–H and O–H groups in total. The predicted molar refractivity (Wildman–Crippen MR) is 75.2 cm³/mol. The molecule has 0 fully saturated rings. The Hall–Kier alpha value is -3.13. The van der Waals surface area contributed by atoms with Crippen LogP contribution in [0, 0.1) is 11.3 Å². The molecule has 0 aliphatic rings. The van der Waals surface area contributed by atoms with Gasteiger partial charge in [0.15, 0.2) is 0 Å². The van der Waals surface area contributed by atoms with Crippen molar-refractivity contribution in [1.82, 2.24) is 10.2 Å². The zero-order valence-corrected chi connectivity index (χ0v) is 10.4. The van der Waals surface area contributed by atoms with Crippen molar-refractivity contribution in [3.63, 3.8) is 0 Å². The first kappa shape index (κ1) is 11.9. The molecule has 0 saturated heterocycles. The molecule has 0 aliphatic heterocycles. The van der Waals surface area contributed by atoms with Crippen LogP contribution in [-0.2, 0) is 0 Å². The van der Waals surface area contributed by atoms with Gasteiger partial charge < -0.3 is 5.32 Å². The number of benzene rings is 2. The summed E-state index contributed by atoms with van der Waals surface area (Å²) in [7, 11) is 0. The normalized spacial score (nSPS) is 10.2. The minimum Gasteiger partial charge on any atom is -0.322 e. The Labute approximate surface area is 114 Å². The predicted octanol–water partition coefficient (Wildman–Crippen LogP) is 2.69. The Bertz CT molecular complexity index is 829. The molecule has 0 aliphatic carbocycles. The second-order valence-corrected chi connectivity index (χ2v) is 4.32. The summed E-state index contributed by atoms with van der Waals surface area (Å²) in [5.41, 5.74) is 2.51. The van der Waals surface area contributed by atoms with Gasteiger partial charge in [-0.05, 0) is 36.4 Å². The molecule has 0 radical (unpaired) electrons. The standard InChI is InChI=1S/C15H10N4O/c16-8-10-2-1-3-11(6-10)15(20)18-13-4-5-14-12(7-13)9-17-19-14/h1-7,9H,(H,17,19)(H,18,20).